The van der Waals surface area contributed by atoms with E-state index in [9.17, 15) is 4.79 Å². The Hall–Kier alpha value is -1.55. The number of likely N-dealkylation sites (tertiary alicyclic amines) is 1. The van der Waals surface area contributed by atoms with Crippen molar-refractivity contribution in [2.45, 2.75) is 44.2 Å². The van der Waals surface area contributed by atoms with Crippen LogP contribution in [0.15, 0.2) is 24.3 Å². The van der Waals surface area contributed by atoms with Gasteiger partial charge in [0.1, 0.15) is 5.75 Å². The molecule has 1 unspecified atom stereocenters. The van der Waals surface area contributed by atoms with Crippen molar-refractivity contribution in [3.63, 3.8) is 0 Å². The Balaban J connectivity index is 1.58. The normalized spacial score (nSPS) is 26.6. The van der Waals surface area contributed by atoms with Crippen molar-refractivity contribution < 1.29 is 9.53 Å². The Morgan fingerprint density at radius 2 is 2.00 bits per heavy atom. The third-order valence-corrected chi connectivity index (χ3v) is 4.84. The van der Waals surface area contributed by atoms with Gasteiger partial charge < -0.3 is 10.1 Å². The molecule has 2 aliphatic rings. The van der Waals surface area contributed by atoms with Crippen LogP contribution in [0.1, 0.15) is 37.7 Å². The van der Waals surface area contributed by atoms with E-state index in [1.165, 1.54) is 5.56 Å². The van der Waals surface area contributed by atoms with Crippen LogP contribution in [0, 0.1) is 0 Å². The van der Waals surface area contributed by atoms with Gasteiger partial charge in [-0.15, -0.1) is 0 Å². The fourth-order valence-electron chi connectivity index (χ4n) is 3.55. The van der Waals surface area contributed by atoms with Crippen LogP contribution in [0.5, 0.6) is 5.75 Å². The highest BCUT2D eigenvalue weighted by molar-refractivity contribution is 5.79. The summed E-state index contributed by atoms with van der Waals surface area (Å²) in [6.45, 7) is 3.16. The van der Waals surface area contributed by atoms with Crippen molar-refractivity contribution in [1.29, 1.82) is 0 Å². The van der Waals surface area contributed by atoms with Gasteiger partial charge in [0.15, 0.2) is 0 Å². The summed E-state index contributed by atoms with van der Waals surface area (Å²) in [5.74, 6) is 1.14. The quantitative estimate of drug-likeness (QED) is 0.928. The van der Waals surface area contributed by atoms with E-state index in [0.717, 1.165) is 51.1 Å². The van der Waals surface area contributed by atoms with E-state index >= 15 is 0 Å². The van der Waals surface area contributed by atoms with E-state index in [0.29, 0.717) is 6.42 Å². The van der Waals surface area contributed by atoms with Gasteiger partial charge in [0, 0.05) is 25.0 Å². The second kappa shape index (κ2) is 6.06. The average molecular weight is 288 g/mol. The van der Waals surface area contributed by atoms with Gasteiger partial charge in [0.25, 0.3) is 0 Å². The molecule has 1 atom stereocenters. The molecule has 0 radical (unpaired) electrons. The molecule has 114 valence electrons. The van der Waals surface area contributed by atoms with Gasteiger partial charge >= 0.3 is 0 Å². The molecule has 2 fully saturated rings. The summed E-state index contributed by atoms with van der Waals surface area (Å²) in [5.41, 5.74) is 1.41. The van der Waals surface area contributed by atoms with E-state index < -0.39 is 0 Å². The van der Waals surface area contributed by atoms with Gasteiger partial charge in [-0.2, -0.15) is 0 Å². The Kier molecular flexibility index (Phi) is 4.15. The molecule has 1 amide bonds. The van der Waals surface area contributed by atoms with Gasteiger partial charge in [-0.05, 0) is 49.9 Å². The number of nitrogens with zero attached hydrogens (tertiary/aromatic N) is 1. The Morgan fingerprint density at radius 3 is 2.67 bits per heavy atom. The van der Waals surface area contributed by atoms with Crippen molar-refractivity contribution in [2.24, 2.45) is 0 Å². The summed E-state index contributed by atoms with van der Waals surface area (Å²) in [4.78, 5) is 14.0. The zero-order valence-electron chi connectivity index (χ0n) is 12.7. The summed E-state index contributed by atoms with van der Waals surface area (Å²) in [6, 6.07) is 8.31. The van der Waals surface area contributed by atoms with Crippen molar-refractivity contribution in [3.8, 4) is 5.75 Å². The average Bonchev–Trinajstić information content (AvgIpc) is 2.75. The van der Waals surface area contributed by atoms with Gasteiger partial charge in [0.2, 0.25) is 5.91 Å². The number of methoxy groups -OCH3 is 1. The molecule has 0 bridgehead atoms. The molecule has 21 heavy (non-hydrogen) atoms. The summed E-state index contributed by atoms with van der Waals surface area (Å²) in [6.07, 6.45) is 5.09. The van der Waals surface area contributed by atoms with Crippen LogP contribution in [-0.4, -0.2) is 36.5 Å². The zero-order valence-corrected chi connectivity index (χ0v) is 12.7. The summed E-state index contributed by atoms with van der Waals surface area (Å²) >= 11 is 0. The lowest BCUT2D eigenvalue weighted by Crippen LogP contribution is -2.42. The van der Waals surface area contributed by atoms with Crippen LogP contribution in [0.4, 0.5) is 0 Å². The maximum Gasteiger partial charge on any atom is 0.220 e. The van der Waals surface area contributed by atoms with Gasteiger partial charge in [-0.3, -0.25) is 9.69 Å². The molecule has 2 heterocycles. The molecule has 2 aliphatic heterocycles. The molecule has 1 aromatic rings. The van der Waals surface area contributed by atoms with E-state index in [-0.39, 0.29) is 11.4 Å². The maximum atomic E-state index is 11.5. The topological polar surface area (TPSA) is 41.6 Å². The number of nitrogens with one attached hydrogen (secondary N) is 1. The second-order valence-electron chi connectivity index (χ2n) is 6.31. The number of hydrogen-bond donors (Lipinski definition) is 1. The number of benzene rings is 1. The molecule has 1 N–H and O–H groups in total. The van der Waals surface area contributed by atoms with E-state index in [4.69, 9.17) is 4.74 Å². The first-order valence-corrected chi connectivity index (χ1v) is 7.85. The second-order valence-corrected chi connectivity index (χ2v) is 6.31. The molecule has 1 spiro atoms. The molecule has 1 aromatic carbocycles. The largest absolute Gasteiger partial charge is 0.497 e. The lowest BCUT2D eigenvalue weighted by Gasteiger charge is -2.27. The number of carbonyl (C=O) groups excluding carboxylic acids is 1. The van der Waals surface area contributed by atoms with E-state index in [1.807, 2.05) is 12.1 Å². The van der Waals surface area contributed by atoms with Crippen LogP contribution in [0.3, 0.4) is 0 Å². The van der Waals surface area contributed by atoms with Gasteiger partial charge in [0.05, 0.1) is 7.11 Å². The molecule has 3 rings (SSSR count). The van der Waals surface area contributed by atoms with Crippen molar-refractivity contribution in [1.82, 2.24) is 10.2 Å². The maximum absolute atomic E-state index is 11.5. The fraction of sp³-hybridized carbons (Fsp3) is 0.588. The number of hydrogen-bond acceptors (Lipinski definition) is 3. The van der Waals surface area contributed by atoms with Crippen LogP contribution in [0.2, 0.25) is 0 Å². The molecule has 0 saturated carbocycles. The Morgan fingerprint density at radius 1 is 1.19 bits per heavy atom. The monoisotopic (exact) mass is 288 g/mol. The molecular formula is C17H24N2O2. The van der Waals surface area contributed by atoms with E-state index in [1.54, 1.807) is 7.11 Å². The molecule has 0 aromatic heterocycles. The minimum absolute atomic E-state index is 0.0890. The first kappa shape index (κ1) is 14.4. The lowest BCUT2D eigenvalue weighted by molar-refractivity contribution is -0.119. The van der Waals surface area contributed by atoms with Crippen LogP contribution in [0.25, 0.3) is 0 Å². The van der Waals surface area contributed by atoms with Crippen LogP contribution in [-0.2, 0) is 11.3 Å². The molecule has 4 heteroatoms. The van der Waals surface area contributed by atoms with Crippen molar-refractivity contribution >= 4 is 5.91 Å². The molecule has 4 nitrogen and oxygen atoms in total. The highest BCUT2D eigenvalue weighted by Crippen LogP contribution is 2.31. The van der Waals surface area contributed by atoms with Crippen molar-refractivity contribution in [2.75, 3.05) is 20.2 Å². The first-order valence-electron chi connectivity index (χ1n) is 7.85. The molecule has 2 saturated heterocycles. The minimum atomic E-state index is 0.0890. The highest BCUT2D eigenvalue weighted by atomic mass is 16.5. The fourth-order valence-corrected chi connectivity index (χ4v) is 3.55. The third kappa shape index (κ3) is 3.38. The zero-order chi connectivity index (χ0) is 14.7. The Bertz CT molecular complexity index is 500. The number of ether oxygens (including phenoxy) is 1. The SMILES string of the molecule is COc1ccc(CN2CCCC3(CCC(=O)N3)CC2)cc1. The van der Waals surface area contributed by atoms with Crippen LogP contribution < -0.4 is 10.1 Å². The summed E-state index contributed by atoms with van der Waals surface area (Å²) < 4.78 is 5.20. The smallest absolute Gasteiger partial charge is 0.220 e. The first-order chi connectivity index (χ1) is 10.2. The van der Waals surface area contributed by atoms with Crippen molar-refractivity contribution in [3.05, 3.63) is 29.8 Å². The molecule has 0 aliphatic carbocycles. The number of carbonyl (C=O) groups is 1. The van der Waals surface area contributed by atoms with Crippen LogP contribution >= 0.6 is 0 Å². The number of rotatable bonds is 3. The predicted octanol–water partition coefficient (Wildman–Crippen LogP) is 2.33. The predicted molar refractivity (Wildman–Crippen MR) is 82.2 cm³/mol. The highest BCUT2D eigenvalue weighted by Gasteiger charge is 2.38. The Labute approximate surface area is 126 Å². The summed E-state index contributed by atoms with van der Waals surface area (Å²) in [5, 5.41) is 3.23. The van der Waals surface area contributed by atoms with E-state index in [2.05, 4.69) is 22.3 Å². The molecular weight excluding hydrogens is 264 g/mol. The van der Waals surface area contributed by atoms with Gasteiger partial charge in [-0.1, -0.05) is 12.1 Å². The number of amides is 1. The lowest BCUT2D eigenvalue weighted by atomic mass is 9.89. The summed E-state index contributed by atoms with van der Waals surface area (Å²) in [7, 11) is 1.69. The van der Waals surface area contributed by atoms with Gasteiger partial charge in [-0.25, -0.2) is 0 Å². The third-order valence-electron chi connectivity index (χ3n) is 4.84. The minimum Gasteiger partial charge on any atom is -0.497 e. The standard InChI is InChI=1S/C17H24N2O2/c1-21-15-5-3-14(4-6-15)13-19-11-2-8-17(10-12-19)9-7-16(20)18-17/h3-6H,2,7-13H2,1H3,(H,18,20).